The molecule has 2 aliphatic heterocycles. The van der Waals surface area contributed by atoms with Crippen LogP contribution >= 0.6 is 0 Å². The Morgan fingerprint density at radius 1 is 1.12 bits per heavy atom. The maximum absolute atomic E-state index is 12.0. The van der Waals surface area contributed by atoms with E-state index in [-0.39, 0.29) is 6.03 Å². The van der Waals surface area contributed by atoms with Crippen LogP contribution in [0.2, 0.25) is 0 Å². The van der Waals surface area contributed by atoms with Gasteiger partial charge in [-0.3, -0.25) is 0 Å². The first kappa shape index (κ1) is 10.4. The van der Waals surface area contributed by atoms with Crippen molar-refractivity contribution in [2.24, 2.45) is 5.92 Å². The molecule has 0 aromatic heterocycles. The minimum absolute atomic E-state index is 0.190. The number of urea groups is 1. The summed E-state index contributed by atoms with van der Waals surface area (Å²) in [6.45, 7) is 3.12. The van der Waals surface area contributed by atoms with Gasteiger partial charge in [-0.2, -0.15) is 0 Å². The van der Waals surface area contributed by atoms with Gasteiger partial charge in [-0.15, -0.1) is 0 Å². The Morgan fingerprint density at radius 2 is 1.94 bits per heavy atom. The molecule has 0 radical (unpaired) electrons. The second-order valence-corrected chi connectivity index (χ2v) is 5.38. The van der Waals surface area contributed by atoms with E-state index in [4.69, 9.17) is 0 Å². The van der Waals surface area contributed by atoms with Gasteiger partial charge in [0, 0.05) is 18.6 Å². The molecule has 4 heteroatoms. The summed E-state index contributed by atoms with van der Waals surface area (Å²) in [6, 6.07) is 1.14. The maximum Gasteiger partial charge on any atom is 0.317 e. The SMILES string of the molecule is O=C1NC2CCCC2CN1C1CCNCC1. The summed E-state index contributed by atoms with van der Waals surface area (Å²) < 4.78 is 0. The normalized spacial score (nSPS) is 36.0. The molecule has 3 rings (SSSR count). The highest BCUT2D eigenvalue weighted by Crippen LogP contribution is 2.31. The van der Waals surface area contributed by atoms with Crippen LogP contribution in [0.25, 0.3) is 0 Å². The minimum atomic E-state index is 0.190. The lowest BCUT2D eigenvalue weighted by Gasteiger charge is -2.41. The predicted molar refractivity (Wildman–Crippen MR) is 62.3 cm³/mol. The number of nitrogens with zero attached hydrogens (tertiary/aromatic N) is 1. The second-order valence-electron chi connectivity index (χ2n) is 5.38. The van der Waals surface area contributed by atoms with Crippen molar-refractivity contribution in [2.75, 3.05) is 19.6 Å². The molecule has 3 fully saturated rings. The molecule has 2 amide bonds. The molecule has 1 aliphatic carbocycles. The number of nitrogens with one attached hydrogen (secondary N) is 2. The Labute approximate surface area is 96.8 Å². The topological polar surface area (TPSA) is 44.4 Å². The number of hydrogen-bond acceptors (Lipinski definition) is 2. The monoisotopic (exact) mass is 223 g/mol. The smallest absolute Gasteiger partial charge is 0.317 e. The van der Waals surface area contributed by atoms with E-state index in [2.05, 4.69) is 15.5 Å². The third-order valence-corrected chi connectivity index (χ3v) is 4.41. The van der Waals surface area contributed by atoms with E-state index in [1.165, 1.54) is 19.3 Å². The van der Waals surface area contributed by atoms with Gasteiger partial charge in [0.05, 0.1) is 0 Å². The largest absolute Gasteiger partial charge is 0.335 e. The van der Waals surface area contributed by atoms with Crippen LogP contribution < -0.4 is 10.6 Å². The van der Waals surface area contributed by atoms with Crippen LogP contribution in [-0.2, 0) is 0 Å². The van der Waals surface area contributed by atoms with Crippen molar-refractivity contribution in [3.05, 3.63) is 0 Å². The van der Waals surface area contributed by atoms with E-state index in [9.17, 15) is 4.79 Å². The fraction of sp³-hybridized carbons (Fsp3) is 0.917. The molecule has 0 spiro atoms. The second kappa shape index (κ2) is 4.24. The van der Waals surface area contributed by atoms with Crippen molar-refractivity contribution in [1.29, 1.82) is 0 Å². The first-order valence-electron chi connectivity index (χ1n) is 6.62. The minimum Gasteiger partial charge on any atom is -0.335 e. The third kappa shape index (κ3) is 1.79. The molecule has 16 heavy (non-hydrogen) atoms. The summed E-state index contributed by atoms with van der Waals surface area (Å²) in [4.78, 5) is 14.1. The van der Waals surface area contributed by atoms with Gasteiger partial charge in [-0.1, -0.05) is 6.42 Å². The summed E-state index contributed by atoms with van der Waals surface area (Å²) in [5, 5.41) is 6.55. The Balaban J connectivity index is 1.67. The van der Waals surface area contributed by atoms with E-state index in [1.807, 2.05) is 0 Å². The van der Waals surface area contributed by atoms with Crippen LogP contribution in [0.1, 0.15) is 32.1 Å². The van der Waals surface area contributed by atoms with Gasteiger partial charge in [0.25, 0.3) is 0 Å². The summed E-state index contributed by atoms with van der Waals surface area (Å²) in [5.74, 6) is 0.715. The van der Waals surface area contributed by atoms with Crippen molar-refractivity contribution in [3.63, 3.8) is 0 Å². The van der Waals surface area contributed by atoms with Gasteiger partial charge in [-0.05, 0) is 44.7 Å². The molecular weight excluding hydrogens is 202 g/mol. The van der Waals surface area contributed by atoms with Gasteiger partial charge in [-0.25, -0.2) is 4.79 Å². The van der Waals surface area contributed by atoms with Gasteiger partial charge in [0.1, 0.15) is 0 Å². The number of piperidine rings is 1. The number of carbonyl (C=O) groups excluding carboxylic acids is 1. The number of fused-ring (bicyclic) bond motifs is 1. The highest BCUT2D eigenvalue weighted by Gasteiger charge is 2.39. The molecular formula is C12H21N3O. The fourth-order valence-corrected chi connectivity index (χ4v) is 3.46. The highest BCUT2D eigenvalue weighted by atomic mass is 16.2. The number of rotatable bonds is 1. The van der Waals surface area contributed by atoms with Crippen molar-refractivity contribution in [3.8, 4) is 0 Å². The molecule has 1 saturated carbocycles. The first-order valence-corrected chi connectivity index (χ1v) is 6.62. The summed E-state index contributed by atoms with van der Waals surface area (Å²) >= 11 is 0. The first-order chi connectivity index (χ1) is 7.84. The van der Waals surface area contributed by atoms with Gasteiger partial charge in [0.2, 0.25) is 0 Å². The highest BCUT2D eigenvalue weighted by molar-refractivity contribution is 5.76. The van der Waals surface area contributed by atoms with Crippen LogP contribution in [0.15, 0.2) is 0 Å². The zero-order valence-electron chi connectivity index (χ0n) is 9.74. The van der Waals surface area contributed by atoms with Gasteiger partial charge in [0.15, 0.2) is 0 Å². The molecule has 2 heterocycles. The molecule has 0 aromatic carbocycles. The lowest BCUT2D eigenvalue weighted by atomic mass is 9.97. The lowest BCUT2D eigenvalue weighted by Crippen LogP contribution is -2.59. The van der Waals surface area contributed by atoms with Crippen molar-refractivity contribution < 1.29 is 4.79 Å². The molecule has 3 aliphatic rings. The van der Waals surface area contributed by atoms with Crippen molar-refractivity contribution in [1.82, 2.24) is 15.5 Å². The Morgan fingerprint density at radius 3 is 2.75 bits per heavy atom. The van der Waals surface area contributed by atoms with E-state index in [0.717, 1.165) is 32.5 Å². The van der Waals surface area contributed by atoms with E-state index in [1.54, 1.807) is 0 Å². The summed E-state index contributed by atoms with van der Waals surface area (Å²) in [7, 11) is 0. The van der Waals surface area contributed by atoms with Crippen LogP contribution in [-0.4, -0.2) is 42.6 Å². The number of carbonyl (C=O) groups is 1. The quantitative estimate of drug-likeness (QED) is 0.694. The summed E-state index contributed by atoms with van der Waals surface area (Å²) in [6.07, 6.45) is 6.01. The van der Waals surface area contributed by atoms with Crippen LogP contribution in [0.4, 0.5) is 4.79 Å². The zero-order valence-corrected chi connectivity index (χ0v) is 9.74. The predicted octanol–water partition coefficient (Wildman–Crippen LogP) is 0.932. The van der Waals surface area contributed by atoms with Gasteiger partial charge < -0.3 is 15.5 Å². The molecule has 0 bridgehead atoms. The number of hydrogen-bond donors (Lipinski definition) is 2. The zero-order chi connectivity index (χ0) is 11.0. The molecule has 2 saturated heterocycles. The van der Waals surface area contributed by atoms with E-state index >= 15 is 0 Å². The molecule has 0 aromatic rings. The average Bonchev–Trinajstić information content (AvgIpc) is 2.76. The molecule has 4 nitrogen and oxygen atoms in total. The van der Waals surface area contributed by atoms with E-state index < -0.39 is 0 Å². The van der Waals surface area contributed by atoms with Crippen LogP contribution in [0, 0.1) is 5.92 Å². The standard InChI is InChI=1S/C12H21N3O/c16-12-14-11-3-1-2-9(11)8-15(12)10-4-6-13-7-5-10/h9-11,13H,1-8H2,(H,14,16). The average molecular weight is 223 g/mol. The summed E-state index contributed by atoms with van der Waals surface area (Å²) in [5.41, 5.74) is 0. The van der Waals surface area contributed by atoms with Crippen LogP contribution in [0.3, 0.4) is 0 Å². The van der Waals surface area contributed by atoms with Crippen molar-refractivity contribution in [2.45, 2.75) is 44.2 Å². The third-order valence-electron chi connectivity index (χ3n) is 4.41. The maximum atomic E-state index is 12.0. The Bertz CT molecular complexity index is 275. The Hall–Kier alpha value is -0.770. The molecule has 2 unspecified atom stereocenters. The van der Waals surface area contributed by atoms with E-state index in [0.29, 0.717) is 18.0 Å². The Kier molecular flexibility index (Phi) is 2.75. The van der Waals surface area contributed by atoms with Gasteiger partial charge >= 0.3 is 6.03 Å². The van der Waals surface area contributed by atoms with Crippen molar-refractivity contribution >= 4 is 6.03 Å². The molecule has 90 valence electrons. The molecule has 2 N–H and O–H groups in total. The molecule has 2 atom stereocenters. The van der Waals surface area contributed by atoms with Crippen LogP contribution in [0.5, 0.6) is 0 Å². The lowest BCUT2D eigenvalue weighted by molar-refractivity contribution is 0.115. The number of amides is 2. The fourth-order valence-electron chi connectivity index (χ4n) is 3.46.